The molecule has 0 aromatic heterocycles. The maximum absolute atomic E-state index is 5.88. The third-order valence-electron chi connectivity index (χ3n) is 5.23. The van der Waals surface area contributed by atoms with Crippen LogP contribution in [0.15, 0.2) is 48.5 Å². The van der Waals surface area contributed by atoms with Gasteiger partial charge in [0.2, 0.25) is 0 Å². The minimum Gasteiger partial charge on any atom is -0.497 e. The molecule has 0 heterocycles. The van der Waals surface area contributed by atoms with Crippen LogP contribution in [0.5, 0.6) is 11.5 Å². The number of hydrogen-bond donors (Lipinski definition) is 0. The second-order valence-corrected chi connectivity index (χ2v) is 7.71. The van der Waals surface area contributed by atoms with Crippen LogP contribution in [0.25, 0.3) is 12.2 Å². The average Bonchev–Trinajstić information content (AvgIpc) is 2.77. The fourth-order valence-electron chi connectivity index (χ4n) is 3.36. The third kappa shape index (κ3) is 10.2. The minimum atomic E-state index is 0.817. The van der Waals surface area contributed by atoms with Gasteiger partial charge in [0.15, 0.2) is 0 Å². The Hall–Kier alpha value is -2.22. The summed E-state index contributed by atoms with van der Waals surface area (Å²) in [5, 5.41) is 0. The summed E-state index contributed by atoms with van der Waals surface area (Å²) in [5.74, 6) is 1.84. The molecule has 0 N–H and O–H groups in total. The van der Waals surface area contributed by atoms with Crippen molar-refractivity contribution >= 4 is 12.2 Å². The molecule has 0 fully saturated rings. The molecule has 0 spiro atoms. The van der Waals surface area contributed by atoms with Gasteiger partial charge >= 0.3 is 0 Å². The molecular formula is C27H38O2. The van der Waals surface area contributed by atoms with Crippen molar-refractivity contribution in [1.82, 2.24) is 0 Å². The lowest BCUT2D eigenvalue weighted by atomic mass is 10.1. The fourth-order valence-corrected chi connectivity index (χ4v) is 3.36. The van der Waals surface area contributed by atoms with Gasteiger partial charge in [-0.05, 0) is 41.8 Å². The maximum atomic E-state index is 5.88. The number of hydrogen-bond acceptors (Lipinski definition) is 2. The minimum absolute atomic E-state index is 0.817. The van der Waals surface area contributed by atoms with Crippen LogP contribution in [0, 0.1) is 0 Å². The predicted molar refractivity (Wildman–Crippen MR) is 126 cm³/mol. The van der Waals surface area contributed by atoms with E-state index in [2.05, 4.69) is 55.5 Å². The molecule has 158 valence electrons. The number of unbranched alkanes of at least 4 members (excludes halogenated alkanes) is 9. The SMILES string of the molecule is CCCCCCCCCCCCOc1ccc(C=Cc2ccc(OC)cc2)cc1. The highest BCUT2D eigenvalue weighted by atomic mass is 16.5. The molecular weight excluding hydrogens is 356 g/mol. The number of methoxy groups -OCH3 is 1. The average molecular weight is 395 g/mol. The maximum Gasteiger partial charge on any atom is 0.119 e. The van der Waals surface area contributed by atoms with Crippen LogP contribution in [-0.4, -0.2) is 13.7 Å². The highest BCUT2D eigenvalue weighted by molar-refractivity contribution is 5.70. The monoisotopic (exact) mass is 394 g/mol. The van der Waals surface area contributed by atoms with E-state index >= 15 is 0 Å². The van der Waals surface area contributed by atoms with E-state index in [-0.39, 0.29) is 0 Å². The molecule has 0 unspecified atom stereocenters. The summed E-state index contributed by atoms with van der Waals surface area (Å²) in [4.78, 5) is 0. The molecule has 0 aliphatic carbocycles. The van der Waals surface area contributed by atoms with Crippen LogP contribution < -0.4 is 9.47 Å². The van der Waals surface area contributed by atoms with Crippen molar-refractivity contribution < 1.29 is 9.47 Å². The predicted octanol–water partition coefficient (Wildman–Crippen LogP) is 8.17. The quantitative estimate of drug-likeness (QED) is 0.224. The summed E-state index contributed by atoms with van der Waals surface area (Å²) in [6, 6.07) is 16.4. The van der Waals surface area contributed by atoms with Gasteiger partial charge in [-0.1, -0.05) is 101 Å². The zero-order valence-corrected chi connectivity index (χ0v) is 18.4. The molecule has 0 aliphatic rings. The smallest absolute Gasteiger partial charge is 0.119 e. The highest BCUT2D eigenvalue weighted by Gasteiger charge is 1.96. The first-order valence-corrected chi connectivity index (χ1v) is 11.4. The van der Waals surface area contributed by atoms with E-state index in [0.29, 0.717) is 0 Å². The van der Waals surface area contributed by atoms with Gasteiger partial charge in [0.1, 0.15) is 11.5 Å². The molecule has 0 atom stereocenters. The van der Waals surface area contributed by atoms with E-state index < -0.39 is 0 Å². The molecule has 2 rings (SSSR count). The molecule has 2 heteroatoms. The molecule has 0 amide bonds. The molecule has 29 heavy (non-hydrogen) atoms. The molecule has 0 saturated carbocycles. The fraction of sp³-hybridized carbons (Fsp3) is 0.481. The van der Waals surface area contributed by atoms with Crippen molar-refractivity contribution in [2.24, 2.45) is 0 Å². The molecule has 0 bridgehead atoms. The van der Waals surface area contributed by atoms with E-state index in [9.17, 15) is 0 Å². The van der Waals surface area contributed by atoms with E-state index in [1.54, 1.807) is 7.11 Å². The molecule has 0 saturated heterocycles. The number of ether oxygens (including phenoxy) is 2. The lowest BCUT2D eigenvalue weighted by Gasteiger charge is -2.06. The van der Waals surface area contributed by atoms with Gasteiger partial charge in [0.25, 0.3) is 0 Å². The van der Waals surface area contributed by atoms with Gasteiger partial charge < -0.3 is 9.47 Å². The van der Waals surface area contributed by atoms with E-state index in [0.717, 1.165) is 30.1 Å². The second kappa shape index (κ2) is 14.7. The van der Waals surface area contributed by atoms with Crippen LogP contribution in [0.2, 0.25) is 0 Å². The van der Waals surface area contributed by atoms with Crippen molar-refractivity contribution in [2.75, 3.05) is 13.7 Å². The van der Waals surface area contributed by atoms with Crippen molar-refractivity contribution in [3.05, 3.63) is 59.7 Å². The third-order valence-corrected chi connectivity index (χ3v) is 5.23. The van der Waals surface area contributed by atoms with Gasteiger partial charge in [-0.2, -0.15) is 0 Å². The van der Waals surface area contributed by atoms with Crippen LogP contribution in [0.4, 0.5) is 0 Å². The first-order chi connectivity index (χ1) is 14.3. The molecule has 2 aromatic rings. The van der Waals surface area contributed by atoms with Crippen molar-refractivity contribution in [3.8, 4) is 11.5 Å². The molecule has 2 aromatic carbocycles. The Kier molecular flexibility index (Phi) is 11.7. The lowest BCUT2D eigenvalue weighted by molar-refractivity contribution is 0.304. The first-order valence-electron chi connectivity index (χ1n) is 11.4. The lowest BCUT2D eigenvalue weighted by Crippen LogP contribution is -1.97. The standard InChI is InChI=1S/C27H38O2/c1-3-4-5-6-7-8-9-10-11-12-23-29-27-21-17-25(18-22-27)14-13-24-15-19-26(28-2)20-16-24/h13-22H,3-12,23H2,1-2H3. The van der Waals surface area contributed by atoms with Gasteiger partial charge in [-0.3, -0.25) is 0 Å². The van der Waals surface area contributed by atoms with Gasteiger partial charge in [-0.15, -0.1) is 0 Å². The van der Waals surface area contributed by atoms with E-state index in [1.807, 2.05) is 12.1 Å². The molecule has 0 aliphatic heterocycles. The highest BCUT2D eigenvalue weighted by Crippen LogP contribution is 2.17. The molecule has 0 radical (unpaired) electrons. The van der Waals surface area contributed by atoms with Crippen LogP contribution in [-0.2, 0) is 0 Å². The van der Waals surface area contributed by atoms with Crippen LogP contribution in [0.1, 0.15) is 82.3 Å². The molecule has 2 nitrogen and oxygen atoms in total. The van der Waals surface area contributed by atoms with Gasteiger partial charge in [0.05, 0.1) is 13.7 Å². The second-order valence-electron chi connectivity index (χ2n) is 7.71. The van der Waals surface area contributed by atoms with Crippen LogP contribution >= 0.6 is 0 Å². The van der Waals surface area contributed by atoms with Crippen molar-refractivity contribution in [3.63, 3.8) is 0 Å². The normalized spacial score (nSPS) is 11.1. The largest absolute Gasteiger partial charge is 0.497 e. The zero-order chi connectivity index (χ0) is 20.6. The number of benzene rings is 2. The Labute approximate surface area is 178 Å². The summed E-state index contributed by atoms with van der Waals surface area (Å²) < 4.78 is 11.1. The Morgan fingerprint density at radius 1 is 0.586 bits per heavy atom. The van der Waals surface area contributed by atoms with Crippen molar-refractivity contribution in [2.45, 2.75) is 71.1 Å². The Bertz CT molecular complexity index is 671. The Morgan fingerprint density at radius 2 is 1.03 bits per heavy atom. The van der Waals surface area contributed by atoms with Crippen LogP contribution in [0.3, 0.4) is 0 Å². The van der Waals surface area contributed by atoms with E-state index in [4.69, 9.17) is 9.47 Å². The summed E-state index contributed by atoms with van der Waals surface area (Å²) in [7, 11) is 1.69. The summed E-state index contributed by atoms with van der Waals surface area (Å²) in [6.07, 6.45) is 17.8. The topological polar surface area (TPSA) is 18.5 Å². The van der Waals surface area contributed by atoms with E-state index in [1.165, 1.54) is 63.4 Å². The summed E-state index contributed by atoms with van der Waals surface area (Å²) >= 11 is 0. The summed E-state index contributed by atoms with van der Waals surface area (Å²) in [5.41, 5.74) is 2.33. The Morgan fingerprint density at radius 3 is 1.52 bits per heavy atom. The van der Waals surface area contributed by atoms with Crippen molar-refractivity contribution in [1.29, 1.82) is 0 Å². The zero-order valence-electron chi connectivity index (χ0n) is 18.4. The summed E-state index contributed by atoms with van der Waals surface area (Å²) in [6.45, 7) is 3.09. The first kappa shape index (κ1) is 23.1. The Balaban J connectivity index is 1.56. The van der Waals surface area contributed by atoms with Gasteiger partial charge in [0, 0.05) is 0 Å². The number of rotatable bonds is 15. The van der Waals surface area contributed by atoms with Gasteiger partial charge in [-0.25, -0.2) is 0 Å².